The van der Waals surface area contributed by atoms with Crippen molar-refractivity contribution in [2.24, 2.45) is 0 Å². The lowest BCUT2D eigenvalue weighted by Crippen LogP contribution is -2.52. The molecule has 7 nitrogen and oxygen atoms in total. The number of hydrogen-bond acceptors (Lipinski definition) is 6. The van der Waals surface area contributed by atoms with Crippen LogP contribution in [-0.4, -0.2) is 59.9 Å². The molecular weight excluding hydrogens is 428 g/mol. The number of rotatable bonds is 7. The van der Waals surface area contributed by atoms with Gasteiger partial charge in [0.25, 0.3) is 5.91 Å². The van der Waals surface area contributed by atoms with Crippen LogP contribution in [0, 0.1) is 13.8 Å². The van der Waals surface area contributed by atoms with Gasteiger partial charge in [-0.1, -0.05) is 12.1 Å². The minimum atomic E-state index is -0.554. The molecule has 1 aromatic heterocycles. The fourth-order valence-corrected chi connectivity index (χ4v) is 4.00. The highest BCUT2D eigenvalue weighted by Gasteiger charge is 2.26. The molecule has 1 atom stereocenters. The number of amides is 1. The molecule has 4 rings (SSSR count). The number of benzene rings is 2. The number of hydrogen-bond donors (Lipinski definition) is 0. The van der Waals surface area contributed by atoms with Crippen LogP contribution in [-0.2, 0) is 4.79 Å². The lowest BCUT2D eigenvalue weighted by atomic mass is 10.0. The SMILES string of the molecule is CCOc1ccc(OC(C)C(=O)N2CCN(c3ccc(-c4ccc(C)c(C)c4)nn3)CC2)cc1. The van der Waals surface area contributed by atoms with E-state index in [1.54, 1.807) is 6.92 Å². The average molecular weight is 461 g/mol. The highest BCUT2D eigenvalue weighted by Crippen LogP contribution is 2.23. The van der Waals surface area contributed by atoms with Crippen LogP contribution in [0.4, 0.5) is 5.82 Å². The van der Waals surface area contributed by atoms with Gasteiger partial charge in [-0.2, -0.15) is 0 Å². The van der Waals surface area contributed by atoms with Gasteiger partial charge in [-0.25, -0.2) is 0 Å². The first-order valence-electron chi connectivity index (χ1n) is 11.8. The molecule has 1 saturated heterocycles. The number of nitrogens with zero attached hydrogens (tertiary/aromatic N) is 4. The summed E-state index contributed by atoms with van der Waals surface area (Å²) in [5.41, 5.74) is 4.44. The minimum absolute atomic E-state index is 0.00953. The van der Waals surface area contributed by atoms with Gasteiger partial charge in [0, 0.05) is 31.7 Å². The van der Waals surface area contributed by atoms with E-state index in [2.05, 4.69) is 47.1 Å². The zero-order valence-corrected chi connectivity index (χ0v) is 20.3. The second-order valence-electron chi connectivity index (χ2n) is 8.55. The third-order valence-corrected chi connectivity index (χ3v) is 6.16. The maximum Gasteiger partial charge on any atom is 0.263 e. The van der Waals surface area contributed by atoms with Crippen molar-refractivity contribution in [3.05, 3.63) is 65.7 Å². The van der Waals surface area contributed by atoms with Crippen LogP contribution in [0.2, 0.25) is 0 Å². The van der Waals surface area contributed by atoms with E-state index in [-0.39, 0.29) is 5.91 Å². The summed E-state index contributed by atoms with van der Waals surface area (Å²) in [7, 11) is 0. The third kappa shape index (κ3) is 5.47. The number of carbonyl (C=O) groups excluding carboxylic acids is 1. The zero-order valence-electron chi connectivity index (χ0n) is 20.3. The van der Waals surface area contributed by atoms with E-state index in [1.807, 2.05) is 48.2 Å². The van der Waals surface area contributed by atoms with E-state index in [1.165, 1.54) is 11.1 Å². The molecular formula is C27H32N4O3. The van der Waals surface area contributed by atoms with Gasteiger partial charge in [0.15, 0.2) is 11.9 Å². The van der Waals surface area contributed by atoms with Gasteiger partial charge in [0.05, 0.1) is 12.3 Å². The molecule has 2 aromatic carbocycles. The predicted molar refractivity (Wildman–Crippen MR) is 133 cm³/mol. The second kappa shape index (κ2) is 10.5. The van der Waals surface area contributed by atoms with Crippen molar-refractivity contribution in [3.8, 4) is 22.8 Å². The van der Waals surface area contributed by atoms with Gasteiger partial charge in [-0.15, -0.1) is 10.2 Å². The van der Waals surface area contributed by atoms with E-state index >= 15 is 0 Å². The molecule has 1 aliphatic rings. The standard InChI is InChI=1S/C27H32N4O3/c1-5-33-23-8-10-24(11-9-23)34-21(4)27(32)31-16-14-30(15-17-31)26-13-12-25(28-29-26)22-7-6-19(2)20(3)18-22/h6-13,18,21H,5,14-17H2,1-4H3. The number of aromatic nitrogens is 2. The Labute approximate surface area is 201 Å². The Morgan fingerprint density at radius 3 is 2.24 bits per heavy atom. The van der Waals surface area contributed by atoms with Gasteiger partial charge >= 0.3 is 0 Å². The van der Waals surface area contributed by atoms with Gasteiger partial charge < -0.3 is 19.3 Å². The van der Waals surface area contributed by atoms with Gasteiger partial charge in [-0.05, 0) is 81.3 Å². The molecule has 178 valence electrons. The molecule has 1 unspecified atom stereocenters. The normalized spacial score (nSPS) is 14.6. The first kappa shape index (κ1) is 23.5. The van der Waals surface area contributed by atoms with Crippen LogP contribution in [0.5, 0.6) is 11.5 Å². The molecule has 0 saturated carbocycles. The summed E-state index contributed by atoms with van der Waals surface area (Å²) >= 11 is 0. The molecule has 0 spiro atoms. The first-order valence-corrected chi connectivity index (χ1v) is 11.8. The number of carbonyl (C=O) groups is 1. The molecule has 0 bridgehead atoms. The monoisotopic (exact) mass is 460 g/mol. The summed E-state index contributed by atoms with van der Waals surface area (Å²) in [6, 6.07) is 17.7. The van der Waals surface area contributed by atoms with E-state index < -0.39 is 6.10 Å². The summed E-state index contributed by atoms with van der Waals surface area (Å²) in [5.74, 6) is 2.26. The topological polar surface area (TPSA) is 67.8 Å². The second-order valence-corrected chi connectivity index (χ2v) is 8.55. The molecule has 1 amide bonds. The molecule has 0 N–H and O–H groups in total. The van der Waals surface area contributed by atoms with Crippen molar-refractivity contribution < 1.29 is 14.3 Å². The van der Waals surface area contributed by atoms with Crippen molar-refractivity contribution >= 4 is 11.7 Å². The minimum Gasteiger partial charge on any atom is -0.494 e. The molecule has 1 fully saturated rings. The van der Waals surface area contributed by atoms with Crippen LogP contribution in [0.15, 0.2) is 54.6 Å². The number of piperazine rings is 1. The largest absolute Gasteiger partial charge is 0.494 e. The number of anilines is 1. The molecule has 3 aromatic rings. The molecule has 0 radical (unpaired) electrons. The molecule has 1 aliphatic heterocycles. The van der Waals surface area contributed by atoms with Crippen LogP contribution < -0.4 is 14.4 Å². The maximum atomic E-state index is 12.9. The Hall–Kier alpha value is -3.61. The Bertz CT molecular complexity index is 1110. The molecule has 0 aliphatic carbocycles. The lowest BCUT2D eigenvalue weighted by Gasteiger charge is -2.36. The summed E-state index contributed by atoms with van der Waals surface area (Å²) in [4.78, 5) is 16.9. The van der Waals surface area contributed by atoms with E-state index in [0.717, 1.165) is 22.8 Å². The molecule has 34 heavy (non-hydrogen) atoms. The van der Waals surface area contributed by atoms with Crippen molar-refractivity contribution in [1.82, 2.24) is 15.1 Å². The summed E-state index contributed by atoms with van der Waals surface area (Å²) in [5, 5.41) is 8.89. The van der Waals surface area contributed by atoms with Crippen LogP contribution in [0.3, 0.4) is 0 Å². The predicted octanol–water partition coefficient (Wildman–Crippen LogP) is 4.28. The Morgan fingerprint density at radius 2 is 1.62 bits per heavy atom. The average Bonchev–Trinajstić information content (AvgIpc) is 2.87. The zero-order chi connectivity index (χ0) is 24.1. The van der Waals surface area contributed by atoms with Gasteiger partial charge in [0.1, 0.15) is 11.5 Å². The van der Waals surface area contributed by atoms with Crippen molar-refractivity contribution in [2.45, 2.75) is 33.8 Å². The van der Waals surface area contributed by atoms with Crippen LogP contribution >= 0.6 is 0 Å². The Morgan fingerprint density at radius 1 is 0.912 bits per heavy atom. The summed E-state index contributed by atoms with van der Waals surface area (Å²) in [6.45, 7) is 11.2. The highest BCUT2D eigenvalue weighted by atomic mass is 16.5. The van der Waals surface area contributed by atoms with E-state index in [9.17, 15) is 4.79 Å². The van der Waals surface area contributed by atoms with Crippen molar-refractivity contribution in [2.75, 3.05) is 37.7 Å². The quantitative estimate of drug-likeness (QED) is 0.524. The van der Waals surface area contributed by atoms with Crippen LogP contribution in [0.25, 0.3) is 11.3 Å². The molecule has 2 heterocycles. The number of ether oxygens (including phenoxy) is 2. The Kier molecular flexibility index (Phi) is 7.30. The van der Waals surface area contributed by atoms with Crippen molar-refractivity contribution in [1.29, 1.82) is 0 Å². The Balaban J connectivity index is 1.30. The van der Waals surface area contributed by atoms with Crippen LogP contribution in [0.1, 0.15) is 25.0 Å². The smallest absolute Gasteiger partial charge is 0.263 e. The summed E-state index contributed by atoms with van der Waals surface area (Å²) in [6.07, 6.45) is -0.554. The molecule has 7 heteroatoms. The number of aryl methyl sites for hydroxylation is 2. The first-order chi connectivity index (χ1) is 16.4. The fourth-order valence-electron chi connectivity index (χ4n) is 4.00. The fraction of sp³-hybridized carbons (Fsp3) is 0.370. The highest BCUT2D eigenvalue weighted by molar-refractivity contribution is 5.81. The van der Waals surface area contributed by atoms with E-state index in [4.69, 9.17) is 9.47 Å². The maximum absolute atomic E-state index is 12.9. The van der Waals surface area contributed by atoms with Gasteiger partial charge in [0.2, 0.25) is 0 Å². The lowest BCUT2D eigenvalue weighted by molar-refractivity contribution is -0.138. The van der Waals surface area contributed by atoms with Gasteiger partial charge in [-0.3, -0.25) is 4.79 Å². The summed E-state index contributed by atoms with van der Waals surface area (Å²) < 4.78 is 11.3. The van der Waals surface area contributed by atoms with E-state index in [0.29, 0.717) is 38.5 Å². The third-order valence-electron chi connectivity index (χ3n) is 6.16. The van der Waals surface area contributed by atoms with Crippen molar-refractivity contribution in [3.63, 3.8) is 0 Å².